The highest BCUT2D eigenvalue weighted by molar-refractivity contribution is 5.35. The molecule has 0 bridgehead atoms. The molecule has 1 aromatic heterocycles. The number of nitrogens with zero attached hydrogens (tertiary/aromatic N) is 3. The lowest BCUT2D eigenvalue weighted by Crippen LogP contribution is -2.27. The van der Waals surface area contributed by atoms with E-state index < -0.39 is 0 Å². The molecule has 1 aliphatic rings. The van der Waals surface area contributed by atoms with Crippen molar-refractivity contribution in [2.75, 3.05) is 37.7 Å². The molecule has 0 aliphatic carbocycles. The van der Waals surface area contributed by atoms with E-state index in [9.17, 15) is 0 Å². The third-order valence-corrected chi connectivity index (χ3v) is 2.79. The summed E-state index contributed by atoms with van der Waals surface area (Å²) in [6.07, 6.45) is 4.77. The zero-order valence-electron chi connectivity index (χ0n) is 10.4. The molecule has 0 atom stereocenters. The van der Waals surface area contributed by atoms with Crippen molar-refractivity contribution < 1.29 is 4.74 Å². The van der Waals surface area contributed by atoms with Crippen molar-refractivity contribution in [3.8, 4) is 0 Å². The van der Waals surface area contributed by atoms with Crippen molar-refractivity contribution in [2.24, 2.45) is 0 Å². The highest BCUT2D eigenvalue weighted by atomic mass is 16.5. The predicted octanol–water partition coefficient (Wildman–Crippen LogP) is 0.813. The van der Waals surface area contributed by atoms with E-state index in [-0.39, 0.29) is 0 Å². The van der Waals surface area contributed by atoms with Gasteiger partial charge in [0.25, 0.3) is 0 Å². The quantitative estimate of drug-likeness (QED) is 0.838. The summed E-state index contributed by atoms with van der Waals surface area (Å²) in [6, 6.07) is 0. The van der Waals surface area contributed by atoms with E-state index in [0.29, 0.717) is 0 Å². The van der Waals surface area contributed by atoms with Gasteiger partial charge < -0.3 is 15.0 Å². The second-order valence-electron chi connectivity index (χ2n) is 4.10. The zero-order valence-corrected chi connectivity index (χ0v) is 10.4. The van der Waals surface area contributed by atoms with Gasteiger partial charge in [0.15, 0.2) is 0 Å². The number of nitrogens with one attached hydrogen (secondary N) is 1. The van der Waals surface area contributed by atoms with Crippen molar-refractivity contribution in [1.29, 1.82) is 0 Å². The first-order chi connectivity index (χ1) is 8.40. The van der Waals surface area contributed by atoms with Crippen LogP contribution in [0.15, 0.2) is 12.4 Å². The molecule has 2 heterocycles. The van der Waals surface area contributed by atoms with E-state index in [1.165, 1.54) is 0 Å². The second-order valence-corrected chi connectivity index (χ2v) is 4.10. The van der Waals surface area contributed by atoms with Gasteiger partial charge in [-0.3, -0.25) is 4.98 Å². The molecule has 0 amide bonds. The summed E-state index contributed by atoms with van der Waals surface area (Å²) >= 11 is 0. The van der Waals surface area contributed by atoms with Gasteiger partial charge >= 0.3 is 0 Å². The lowest BCUT2D eigenvalue weighted by Gasteiger charge is -2.20. The summed E-state index contributed by atoms with van der Waals surface area (Å²) in [6.45, 7) is 7.35. The summed E-state index contributed by atoms with van der Waals surface area (Å²) in [5.41, 5.74) is 0.988. The molecule has 1 saturated heterocycles. The van der Waals surface area contributed by atoms with E-state index >= 15 is 0 Å². The summed E-state index contributed by atoms with van der Waals surface area (Å²) < 4.78 is 5.42. The Morgan fingerprint density at radius 1 is 1.29 bits per heavy atom. The van der Waals surface area contributed by atoms with Crippen LogP contribution >= 0.6 is 0 Å². The first-order valence-corrected chi connectivity index (χ1v) is 6.24. The van der Waals surface area contributed by atoms with Gasteiger partial charge in [-0.1, -0.05) is 6.92 Å². The van der Waals surface area contributed by atoms with Crippen molar-refractivity contribution in [1.82, 2.24) is 15.3 Å². The SMILES string of the molecule is CCNCc1cnc(N2CCCOCC2)cn1. The minimum absolute atomic E-state index is 0.779. The monoisotopic (exact) mass is 236 g/mol. The van der Waals surface area contributed by atoms with E-state index in [2.05, 4.69) is 27.1 Å². The second kappa shape index (κ2) is 6.51. The largest absolute Gasteiger partial charge is 0.380 e. The minimum atomic E-state index is 0.779. The molecule has 1 aromatic rings. The first-order valence-electron chi connectivity index (χ1n) is 6.24. The lowest BCUT2D eigenvalue weighted by molar-refractivity contribution is 0.152. The van der Waals surface area contributed by atoms with Crippen LogP contribution in [0.3, 0.4) is 0 Å². The lowest BCUT2D eigenvalue weighted by atomic mass is 10.4. The zero-order chi connectivity index (χ0) is 11.9. The van der Waals surface area contributed by atoms with Crippen LogP contribution in [0.5, 0.6) is 0 Å². The van der Waals surface area contributed by atoms with Crippen molar-refractivity contribution in [3.05, 3.63) is 18.1 Å². The van der Waals surface area contributed by atoms with Gasteiger partial charge in [-0.15, -0.1) is 0 Å². The molecule has 0 radical (unpaired) electrons. The summed E-state index contributed by atoms with van der Waals surface area (Å²) in [7, 11) is 0. The van der Waals surface area contributed by atoms with Crippen LogP contribution in [0.4, 0.5) is 5.82 Å². The van der Waals surface area contributed by atoms with E-state index in [4.69, 9.17) is 4.74 Å². The molecule has 2 rings (SSSR count). The fourth-order valence-corrected chi connectivity index (χ4v) is 1.83. The normalized spacial score (nSPS) is 16.9. The van der Waals surface area contributed by atoms with Crippen molar-refractivity contribution >= 4 is 5.82 Å². The third kappa shape index (κ3) is 3.64. The Morgan fingerprint density at radius 3 is 3.00 bits per heavy atom. The van der Waals surface area contributed by atoms with Gasteiger partial charge in [0, 0.05) is 26.2 Å². The van der Waals surface area contributed by atoms with Gasteiger partial charge in [0.05, 0.1) is 24.7 Å². The van der Waals surface area contributed by atoms with Crippen LogP contribution in [0.25, 0.3) is 0 Å². The number of ether oxygens (including phenoxy) is 1. The Bertz CT molecular complexity index is 320. The Balaban J connectivity index is 1.96. The maximum atomic E-state index is 5.42. The highest BCUT2D eigenvalue weighted by Gasteiger charge is 2.11. The molecular weight excluding hydrogens is 216 g/mol. The van der Waals surface area contributed by atoms with Crippen LogP contribution in [0.2, 0.25) is 0 Å². The minimum Gasteiger partial charge on any atom is -0.380 e. The summed E-state index contributed by atoms with van der Waals surface area (Å²) in [4.78, 5) is 11.1. The molecule has 5 heteroatoms. The molecule has 5 nitrogen and oxygen atoms in total. The molecule has 1 fully saturated rings. The molecule has 0 saturated carbocycles. The fraction of sp³-hybridized carbons (Fsp3) is 0.667. The number of rotatable bonds is 4. The van der Waals surface area contributed by atoms with Gasteiger partial charge in [0.2, 0.25) is 0 Å². The third-order valence-electron chi connectivity index (χ3n) is 2.79. The molecular formula is C12H20N4O. The van der Waals surface area contributed by atoms with Crippen LogP contribution < -0.4 is 10.2 Å². The molecule has 1 aliphatic heterocycles. The van der Waals surface area contributed by atoms with Crippen LogP contribution in [-0.2, 0) is 11.3 Å². The fourth-order valence-electron chi connectivity index (χ4n) is 1.83. The maximum Gasteiger partial charge on any atom is 0.147 e. The van der Waals surface area contributed by atoms with Gasteiger partial charge in [0.1, 0.15) is 5.82 Å². The Labute approximate surface area is 102 Å². The standard InChI is InChI=1S/C12H20N4O/c1-2-13-8-11-9-15-12(10-14-11)16-4-3-6-17-7-5-16/h9-10,13H,2-8H2,1H3. The van der Waals surface area contributed by atoms with Gasteiger partial charge in [-0.2, -0.15) is 0 Å². The Kier molecular flexibility index (Phi) is 4.70. The molecule has 17 heavy (non-hydrogen) atoms. The number of aromatic nitrogens is 2. The maximum absolute atomic E-state index is 5.42. The molecule has 0 spiro atoms. The smallest absolute Gasteiger partial charge is 0.147 e. The Morgan fingerprint density at radius 2 is 2.24 bits per heavy atom. The number of hydrogen-bond donors (Lipinski definition) is 1. The highest BCUT2D eigenvalue weighted by Crippen LogP contribution is 2.11. The van der Waals surface area contributed by atoms with E-state index in [1.807, 2.05) is 12.4 Å². The van der Waals surface area contributed by atoms with Crippen molar-refractivity contribution in [2.45, 2.75) is 19.9 Å². The van der Waals surface area contributed by atoms with E-state index in [1.54, 1.807) is 0 Å². The molecule has 0 unspecified atom stereocenters. The summed E-state index contributed by atoms with van der Waals surface area (Å²) in [5, 5.41) is 3.24. The van der Waals surface area contributed by atoms with Crippen LogP contribution in [0, 0.1) is 0 Å². The molecule has 94 valence electrons. The van der Waals surface area contributed by atoms with Gasteiger partial charge in [-0.05, 0) is 13.0 Å². The van der Waals surface area contributed by atoms with E-state index in [0.717, 1.165) is 57.3 Å². The van der Waals surface area contributed by atoms with Gasteiger partial charge in [-0.25, -0.2) is 4.98 Å². The van der Waals surface area contributed by atoms with Crippen LogP contribution in [0.1, 0.15) is 19.0 Å². The predicted molar refractivity (Wildman–Crippen MR) is 67.1 cm³/mol. The molecule has 1 N–H and O–H groups in total. The topological polar surface area (TPSA) is 50.3 Å². The van der Waals surface area contributed by atoms with Crippen LogP contribution in [-0.4, -0.2) is 42.8 Å². The molecule has 0 aromatic carbocycles. The number of hydrogen-bond acceptors (Lipinski definition) is 5. The number of anilines is 1. The first kappa shape index (κ1) is 12.3. The Hall–Kier alpha value is -1.20. The average molecular weight is 236 g/mol. The van der Waals surface area contributed by atoms with Crippen molar-refractivity contribution in [3.63, 3.8) is 0 Å². The average Bonchev–Trinajstić information content (AvgIpc) is 2.66. The summed E-state index contributed by atoms with van der Waals surface area (Å²) in [5.74, 6) is 0.954.